The first-order valence-electron chi connectivity index (χ1n) is 5.77. The summed E-state index contributed by atoms with van der Waals surface area (Å²) in [7, 11) is 1.47. The summed E-state index contributed by atoms with van der Waals surface area (Å²) < 4.78 is 10.8. The van der Waals surface area contributed by atoms with Crippen LogP contribution in [-0.2, 0) is 6.42 Å². The van der Waals surface area contributed by atoms with Gasteiger partial charge >= 0.3 is 0 Å². The number of aromatic nitrogens is 2. The fraction of sp³-hybridized carbons (Fsp3) is 0.231. The predicted octanol–water partition coefficient (Wildman–Crippen LogP) is 1.39. The minimum Gasteiger partial charge on any atom is -0.489 e. The number of aliphatic hydroxyl groups is 1. The molecule has 0 aliphatic carbocycles. The van der Waals surface area contributed by atoms with E-state index >= 15 is 0 Å². The van der Waals surface area contributed by atoms with Crippen LogP contribution >= 0.6 is 0 Å². The van der Waals surface area contributed by atoms with Crippen LogP contribution in [0.2, 0.25) is 0 Å². The molecule has 0 fully saturated rings. The number of hydrogen-bond acceptors (Lipinski definition) is 6. The summed E-state index contributed by atoms with van der Waals surface area (Å²) in [5.41, 5.74) is 6.57. The van der Waals surface area contributed by atoms with Gasteiger partial charge in [0.15, 0.2) is 5.82 Å². The van der Waals surface area contributed by atoms with Crippen LogP contribution in [0.3, 0.4) is 0 Å². The number of nitrogen functional groups attached to an aromatic ring is 1. The Bertz CT molecular complexity index is 561. The van der Waals surface area contributed by atoms with Crippen LogP contribution in [0.1, 0.15) is 5.56 Å². The van der Waals surface area contributed by atoms with Crippen molar-refractivity contribution in [2.75, 3.05) is 19.5 Å². The highest BCUT2D eigenvalue weighted by molar-refractivity contribution is 5.53. The summed E-state index contributed by atoms with van der Waals surface area (Å²) in [4.78, 5) is 7.84. The molecule has 19 heavy (non-hydrogen) atoms. The van der Waals surface area contributed by atoms with E-state index in [4.69, 9.17) is 20.3 Å². The second-order valence-corrected chi connectivity index (χ2v) is 3.78. The SMILES string of the molecule is COc1c(N)ncnc1Oc1ccccc1CCO. The minimum absolute atomic E-state index is 0.0451. The molecule has 1 aromatic heterocycles. The summed E-state index contributed by atoms with van der Waals surface area (Å²) in [5, 5.41) is 9.03. The molecule has 0 spiro atoms. The second-order valence-electron chi connectivity index (χ2n) is 3.78. The first-order chi connectivity index (χ1) is 9.26. The molecule has 100 valence electrons. The number of para-hydroxylation sites is 1. The van der Waals surface area contributed by atoms with Crippen molar-refractivity contribution < 1.29 is 14.6 Å². The molecule has 2 aromatic rings. The number of nitrogens with zero attached hydrogens (tertiary/aromatic N) is 2. The van der Waals surface area contributed by atoms with E-state index in [9.17, 15) is 0 Å². The zero-order valence-corrected chi connectivity index (χ0v) is 10.5. The fourth-order valence-electron chi connectivity index (χ4n) is 1.67. The number of benzene rings is 1. The lowest BCUT2D eigenvalue weighted by Gasteiger charge is -2.12. The van der Waals surface area contributed by atoms with Crippen LogP contribution in [0.15, 0.2) is 30.6 Å². The number of rotatable bonds is 5. The lowest BCUT2D eigenvalue weighted by molar-refractivity contribution is 0.297. The van der Waals surface area contributed by atoms with Crippen LogP contribution in [-0.4, -0.2) is 28.8 Å². The van der Waals surface area contributed by atoms with E-state index < -0.39 is 0 Å². The van der Waals surface area contributed by atoms with Crippen molar-refractivity contribution in [3.63, 3.8) is 0 Å². The van der Waals surface area contributed by atoms with E-state index in [0.29, 0.717) is 17.9 Å². The van der Waals surface area contributed by atoms with E-state index in [-0.39, 0.29) is 18.3 Å². The molecule has 0 aliphatic rings. The topological polar surface area (TPSA) is 90.5 Å². The largest absolute Gasteiger partial charge is 0.489 e. The van der Waals surface area contributed by atoms with E-state index in [0.717, 1.165) is 5.56 Å². The van der Waals surface area contributed by atoms with E-state index in [1.165, 1.54) is 13.4 Å². The molecular formula is C13H15N3O3. The first kappa shape index (κ1) is 13.1. The lowest BCUT2D eigenvalue weighted by Crippen LogP contribution is -2.01. The Kier molecular flexibility index (Phi) is 4.15. The molecule has 0 bridgehead atoms. The van der Waals surface area contributed by atoms with Crippen molar-refractivity contribution in [1.29, 1.82) is 0 Å². The second kappa shape index (κ2) is 6.01. The molecule has 0 atom stereocenters. The normalized spacial score (nSPS) is 10.2. The van der Waals surface area contributed by atoms with Gasteiger partial charge in [0.1, 0.15) is 12.1 Å². The van der Waals surface area contributed by atoms with Gasteiger partial charge in [-0.2, -0.15) is 4.98 Å². The van der Waals surface area contributed by atoms with Crippen molar-refractivity contribution in [2.24, 2.45) is 0 Å². The van der Waals surface area contributed by atoms with Gasteiger partial charge in [-0.25, -0.2) is 4.98 Å². The third-order valence-corrected chi connectivity index (χ3v) is 2.56. The maximum Gasteiger partial charge on any atom is 0.268 e. The molecule has 3 N–H and O–H groups in total. The zero-order valence-electron chi connectivity index (χ0n) is 10.5. The Balaban J connectivity index is 2.33. The van der Waals surface area contributed by atoms with Gasteiger partial charge in [0.25, 0.3) is 5.88 Å². The maximum absolute atomic E-state index is 9.03. The van der Waals surface area contributed by atoms with Gasteiger partial charge in [-0.15, -0.1) is 0 Å². The van der Waals surface area contributed by atoms with Crippen molar-refractivity contribution >= 4 is 5.82 Å². The zero-order chi connectivity index (χ0) is 13.7. The number of aliphatic hydroxyl groups excluding tert-OH is 1. The van der Waals surface area contributed by atoms with Crippen molar-refractivity contribution in [3.05, 3.63) is 36.2 Å². The Hall–Kier alpha value is -2.34. The monoisotopic (exact) mass is 261 g/mol. The summed E-state index contributed by atoms with van der Waals surface area (Å²) in [5.74, 6) is 1.36. The molecule has 6 heteroatoms. The quantitative estimate of drug-likeness (QED) is 0.845. The maximum atomic E-state index is 9.03. The number of anilines is 1. The summed E-state index contributed by atoms with van der Waals surface area (Å²) >= 11 is 0. The Morgan fingerprint density at radius 3 is 2.79 bits per heavy atom. The van der Waals surface area contributed by atoms with Crippen LogP contribution in [0.5, 0.6) is 17.4 Å². The number of ether oxygens (including phenoxy) is 2. The number of methoxy groups -OCH3 is 1. The molecule has 2 rings (SSSR count). The fourth-order valence-corrected chi connectivity index (χ4v) is 1.67. The summed E-state index contributed by atoms with van der Waals surface area (Å²) in [6.07, 6.45) is 1.81. The molecule has 0 radical (unpaired) electrons. The van der Waals surface area contributed by atoms with Gasteiger partial charge in [-0.1, -0.05) is 18.2 Å². The smallest absolute Gasteiger partial charge is 0.268 e. The van der Waals surface area contributed by atoms with E-state index in [1.54, 1.807) is 6.07 Å². The summed E-state index contributed by atoms with van der Waals surface area (Å²) in [6, 6.07) is 7.39. The van der Waals surface area contributed by atoms with Crippen molar-refractivity contribution in [1.82, 2.24) is 9.97 Å². The standard InChI is InChI=1S/C13H15N3O3/c1-18-11-12(14)15-8-16-13(11)19-10-5-3-2-4-9(10)6-7-17/h2-5,8,17H,6-7H2,1H3,(H2,14,15,16). The lowest BCUT2D eigenvalue weighted by atomic mass is 10.1. The van der Waals surface area contributed by atoms with E-state index in [1.807, 2.05) is 18.2 Å². The van der Waals surface area contributed by atoms with Gasteiger partial charge < -0.3 is 20.3 Å². The van der Waals surface area contributed by atoms with Crippen molar-refractivity contribution in [2.45, 2.75) is 6.42 Å². The highest BCUT2D eigenvalue weighted by atomic mass is 16.5. The van der Waals surface area contributed by atoms with Gasteiger partial charge in [0.2, 0.25) is 5.75 Å². The Labute approximate surface area is 110 Å². The Morgan fingerprint density at radius 2 is 2.05 bits per heavy atom. The predicted molar refractivity (Wildman–Crippen MR) is 70.3 cm³/mol. The molecule has 0 saturated carbocycles. The number of hydrogen-bond donors (Lipinski definition) is 2. The van der Waals surface area contributed by atoms with E-state index in [2.05, 4.69) is 9.97 Å². The van der Waals surface area contributed by atoms with Crippen LogP contribution < -0.4 is 15.2 Å². The first-order valence-corrected chi connectivity index (χ1v) is 5.77. The van der Waals surface area contributed by atoms with Crippen LogP contribution in [0, 0.1) is 0 Å². The molecule has 0 saturated heterocycles. The minimum atomic E-state index is 0.0451. The van der Waals surface area contributed by atoms with Gasteiger partial charge in [0, 0.05) is 6.61 Å². The van der Waals surface area contributed by atoms with Crippen LogP contribution in [0.4, 0.5) is 5.82 Å². The van der Waals surface area contributed by atoms with Crippen molar-refractivity contribution in [3.8, 4) is 17.4 Å². The summed E-state index contributed by atoms with van der Waals surface area (Å²) in [6.45, 7) is 0.0451. The molecule has 1 aromatic carbocycles. The molecule has 6 nitrogen and oxygen atoms in total. The Morgan fingerprint density at radius 1 is 1.26 bits per heavy atom. The average Bonchev–Trinajstić information content (AvgIpc) is 2.41. The average molecular weight is 261 g/mol. The molecule has 1 heterocycles. The number of nitrogens with two attached hydrogens (primary N) is 1. The van der Waals surface area contributed by atoms with Gasteiger partial charge in [-0.05, 0) is 18.1 Å². The molecule has 0 aliphatic heterocycles. The molecular weight excluding hydrogens is 246 g/mol. The van der Waals surface area contributed by atoms with Crippen LogP contribution in [0.25, 0.3) is 0 Å². The van der Waals surface area contributed by atoms with Gasteiger partial charge in [-0.3, -0.25) is 0 Å². The third-order valence-electron chi connectivity index (χ3n) is 2.56. The molecule has 0 amide bonds. The van der Waals surface area contributed by atoms with Gasteiger partial charge in [0.05, 0.1) is 7.11 Å². The third kappa shape index (κ3) is 2.92. The highest BCUT2D eigenvalue weighted by Crippen LogP contribution is 2.33. The molecule has 0 unspecified atom stereocenters. The highest BCUT2D eigenvalue weighted by Gasteiger charge is 2.13.